The van der Waals surface area contributed by atoms with E-state index in [2.05, 4.69) is 4.98 Å². The van der Waals surface area contributed by atoms with Gasteiger partial charge in [0.2, 0.25) is 5.96 Å². The fourth-order valence-electron chi connectivity index (χ4n) is 6.24. The summed E-state index contributed by atoms with van der Waals surface area (Å²) in [5, 5.41) is 0. The Balaban J connectivity index is 1.38. The van der Waals surface area contributed by atoms with Crippen LogP contribution >= 0.6 is 0 Å². The van der Waals surface area contributed by atoms with Gasteiger partial charge in [-0.15, -0.1) is 0 Å². The van der Waals surface area contributed by atoms with Crippen LogP contribution in [0, 0.1) is 17.5 Å². The third kappa shape index (κ3) is 5.64. The van der Waals surface area contributed by atoms with Crippen LogP contribution in [0.4, 0.5) is 23.8 Å². The fraction of sp³-hybridized carbons (Fsp3) is 0.469. The molecule has 0 atom stereocenters. The molecule has 0 aliphatic carbocycles. The second-order valence-electron chi connectivity index (χ2n) is 12.6. The fourth-order valence-corrected chi connectivity index (χ4v) is 6.24. The number of amides is 2. The second-order valence-corrected chi connectivity index (χ2v) is 12.6. The van der Waals surface area contributed by atoms with Crippen molar-refractivity contribution < 1.29 is 27.5 Å². The lowest BCUT2D eigenvalue weighted by molar-refractivity contribution is 0.0688. The SMILES string of the molecule is CCN1C(=O)c2nc(-c3cnc(C4CCN(C(=O)OC(C)C)CC4)c(F)c3)n(Cc3ccc(F)c(F)c3)c2N2CC(C)(C)N=C12. The summed E-state index contributed by atoms with van der Waals surface area (Å²) in [4.78, 5) is 45.1. The van der Waals surface area contributed by atoms with E-state index in [9.17, 15) is 18.4 Å². The summed E-state index contributed by atoms with van der Waals surface area (Å²) in [6, 6.07) is 4.96. The van der Waals surface area contributed by atoms with Crippen LogP contribution in [0.25, 0.3) is 11.4 Å². The Bertz CT molecular complexity index is 1700. The number of imidazole rings is 1. The Morgan fingerprint density at radius 1 is 1.09 bits per heavy atom. The molecule has 2 aromatic heterocycles. The molecule has 1 aromatic carbocycles. The summed E-state index contributed by atoms with van der Waals surface area (Å²) >= 11 is 0. The molecule has 3 aromatic rings. The van der Waals surface area contributed by atoms with Crippen LogP contribution in [0.5, 0.6) is 0 Å². The van der Waals surface area contributed by atoms with Crippen molar-refractivity contribution in [3.63, 3.8) is 0 Å². The highest BCUT2D eigenvalue weighted by atomic mass is 19.2. The van der Waals surface area contributed by atoms with E-state index < -0.39 is 23.0 Å². The van der Waals surface area contributed by atoms with Gasteiger partial charge in [0.25, 0.3) is 5.91 Å². The van der Waals surface area contributed by atoms with Crippen molar-refractivity contribution in [2.75, 3.05) is 31.1 Å². The van der Waals surface area contributed by atoms with Gasteiger partial charge in [-0.25, -0.2) is 27.9 Å². The van der Waals surface area contributed by atoms with Crippen molar-refractivity contribution in [1.29, 1.82) is 0 Å². The zero-order chi connectivity index (χ0) is 32.2. The minimum atomic E-state index is -0.999. The first kappa shape index (κ1) is 30.6. The number of ether oxygens (including phenoxy) is 1. The zero-order valence-corrected chi connectivity index (χ0v) is 26.0. The summed E-state index contributed by atoms with van der Waals surface area (Å²) in [5.41, 5.74) is 0.724. The van der Waals surface area contributed by atoms with Gasteiger partial charge in [-0.05, 0) is 71.2 Å². The molecule has 3 aliphatic heterocycles. The van der Waals surface area contributed by atoms with Gasteiger partial charge in [0.15, 0.2) is 17.3 Å². The topological polar surface area (TPSA) is 96.2 Å². The average Bonchev–Trinajstić information content (AvgIpc) is 3.52. The van der Waals surface area contributed by atoms with E-state index in [-0.39, 0.29) is 42.1 Å². The van der Waals surface area contributed by atoms with Crippen LogP contribution in [-0.2, 0) is 11.3 Å². The third-order valence-corrected chi connectivity index (χ3v) is 8.32. The molecule has 0 unspecified atom stereocenters. The van der Waals surface area contributed by atoms with Crippen LogP contribution in [-0.4, -0.2) is 80.1 Å². The lowest BCUT2D eigenvalue weighted by atomic mass is 9.92. The van der Waals surface area contributed by atoms with E-state index in [1.54, 1.807) is 28.2 Å². The maximum Gasteiger partial charge on any atom is 0.410 e. The van der Waals surface area contributed by atoms with E-state index in [4.69, 9.17) is 14.7 Å². The summed E-state index contributed by atoms with van der Waals surface area (Å²) in [6.07, 6.45) is 1.99. The molecule has 13 heteroatoms. The Morgan fingerprint density at radius 2 is 1.82 bits per heavy atom. The number of rotatable bonds is 6. The van der Waals surface area contributed by atoms with Gasteiger partial charge in [-0.2, -0.15) is 0 Å². The quantitative estimate of drug-likeness (QED) is 0.357. The van der Waals surface area contributed by atoms with E-state index in [0.29, 0.717) is 67.6 Å². The van der Waals surface area contributed by atoms with E-state index in [1.807, 2.05) is 25.7 Å². The Morgan fingerprint density at radius 3 is 2.47 bits per heavy atom. The second kappa shape index (κ2) is 11.5. The van der Waals surface area contributed by atoms with Crippen LogP contribution in [0.1, 0.15) is 75.1 Å². The molecule has 238 valence electrons. The summed E-state index contributed by atoms with van der Waals surface area (Å²) in [7, 11) is 0. The lowest BCUT2D eigenvalue weighted by Crippen LogP contribution is -2.51. The predicted molar refractivity (Wildman–Crippen MR) is 162 cm³/mol. The van der Waals surface area contributed by atoms with E-state index >= 15 is 4.39 Å². The number of likely N-dealkylation sites (tertiary alicyclic amines) is 1. The number of aromatic nitrogens is 3. The normalized spacial score (nSPS) is 17.9. The van der Waals surface area contributed by atoms with E-state index in [1.165, 1.54) is 18.3 Å². The van der Waals surface area contributed by atoms with Crippen LogP contribution in [0.3, 0.4) is 0 Å². The predicted octanol–water partition coefficient (Wildman–Crippen LogP) is 5.57. The van der Waals surface area contributed by atoms with E-state index in [0.717, 1.165) is 12.1 Å². The average molecular weight is 624 g/mol. The third-order valence-electron chi connectivity index (χ3n) is 8.32. The van der Waals surface area contributed by atoms with Crippen LogP contribution in [0.2, 0.25) is 0 Å². The highest BCUT2D eigenvalue weighted by Crippen LogP contribution is 2.39. The molecule has 0 bridgehead atoms. The van der Waals surface area contributed by atoms with Gasteiger partial charge in [0, 0.05) is 37.3 Å². The number of nitrogens with zero attached hydrogens (tertiary/aromatic N) is 7. The number of hydrogen-bond acceptors (Lipinski definition) is 7. The maximum atomic E-state index is 15.8. The summed E-state index contributed by atoms with van der Waals surface area (Å²) < 4.78 is 50.9. The number of benzene rings is 1. The highest BCUT2D eigenvalue weighted by molar-refractivity contribution is 6.18. The lowest BCUT2D eigenvalue weighted by Gasteiger charge is -2.34. The molecule has 6 rings (SSSR count). The van der Waals surface area contributed by atoms with Crippen molar-refractivity contribution in [2.45, 2.75) is 71.6 Å². The first-order chi connectivity index (χ1) is 21.4. The Labute approximate surface area is 259 Å². The summed E-state index contributed by atoms with van der Waals surface area (Å²) in [6.45, 7) is 11.1. The van der Waals surface area contributed by atoms with Crippen molar-refractivity contribution in [2.24, 2.45) is 4.99 Å². The van der Waals surface area contributed by atoms with Gasteiger partial charge in [-0.3, -0.25) is 19.6 Å². The number of carbonyl (C=O) groups excluding carboxylic acids is 2. The highest BCUT2D eigenvalue weighted by Gasteiger charge is 2.46. The molecule has 0 spiro atoms. The van der Waals surface area contributed by atoms with Crippen LogP contribution in [0.15, 0.2) is 35.5 Å². The standard InChI is InChI=1S/C32H36F3N7O3/c1-6-40-29(43)26-28(42-17-32(4,5)38-30(40)42)41(16-19-7-8-22(33)23(34)13-19)27(37-26)21-14-24(35)25(36-15-21)20-9-11-39(12-10-20)31(44)45-18(2)3/h7-8,13-15,18,20H,6,9-12,16-17H2,1-5H3. The Hall–Kier alpha value is -4.42. The molecule has 1 saturated heterocycles. The van der Waals surface area contributed by atoms with Crippen molar-refractivity contribution >= 4 is 23.8 Å². The Kier molecular flexibility index (Phi) is 7.82. The number of anilines is 1. The minimum absolute atomic E-state index is 0.0345. The number of halogens is 3. The number of hydrogen-bond donors (Lipinski definition) is 0. The molecule has 0 N–H and O–H groups in total. The molecule has 3 aliphatic rings. The van der Waals surface area contributed by atoms with Gasteiger partial charge in [0.1, 0.15) is 17.5 Å². The molecule has 2 amide bonds. The number of aliphatic imine (C=N–C) groups is 1. The molecule has 45 heavy (non-hydrogen) atoms. The smallest absolute Gasteiger partial charge is 0.410 e. The van der Waals surface area contributed by atoms with Crippen molar-refractivity contribution in [3.05, 3.63) is 64.9 Å². The number of piperidine rings is 1. The van der Waals surface area contributed by atoms with Crippen molar-refractivity contribution in [1.82, 2.24) is 24.3 Å². The number of fused-ring (bicyclic) bond motifs is 3. The molecule has 5 heterocycles. The first-order valence-corrected chi connectivity index (χ1v) is 15.2. The van der Waals surface area contributed by atoms with Crippen LogP contribution < -0.4 is 4.90 Å². The maximum absolute atomic E-state index is 15.8. The first-order valence-electron chi connectivity index (χ1n) is 15.2. The number of pyridine rings is 1. The molecule has 1 fully saturated rings. The number of guanidine groups is 1. The molecule has 0 radical (unpaired) electrons. The zero-order valence-electron chi connectivity index (χ0n) is 26.0. The summed E-state index contributed by atoms with van der Waals surface area (Å²) in [5.74, 6) is -1.82. The minimum Gasteiger partial charge on any atom is -0.447 e. The molecular formula is C32H36F3N7O3. The monoisotopic (exact) mass is 623 g/mol. The van der Waals surface area contributed by atoms with Gasteiger partial charge >= 0.3 is 6.09 Å². The largest absolute Gasteiger partial charge is 0.447 e. The van der Waals surface area contributed by atoms with Gasteiger partial charge < -0.3 is 14.2 Å². The molecule has 10 nitrogen and oxygen atoms in total. The number of carbonyl (C=O) groups is 2. The van der Waals surface area contributed by atoms with Gasteiger partial charge in [-0.1, -0.05) is 6.07 Å². The molecule has 0 saturated carbocycles. The van der Waals surface area contributed by atoms with Crippen molar-refractivity contribution in [3.8, 4) is 11.4 Å². The van der Waals surface area contributed by atoms with Gasteiger partial charge in [0.05, 0.1) is 30.4 Å². The molecular weight excluding hydrogens is 587 g/mol.